The second-order valence-corrected chi connectivity index (χ2v) is 11.6. The van der Waals surface area contributed by atoms with Gasteiger partial charge in [-0.2, -0.15) is 0 Å². The van der Waals surface area contributed by atoms with Gasteiger partial charge in [0.25, 0.3) is 0 Å². The van der Waals surface area contributed by atoms with E-state index in [9.17, 15) is 14.4 Å². The SMILES string of the molecule is CC(=O)c1ccc(C(C)=O)cc1.CCCCCCCCOc1ccc(C(C)=O)cc1.COc1ccc(OC)c(C)c1.COc1ccccc1OC. The Morgan fingerprint density at radius 1 is 0.490 bits per heavy atom. The van der Waals surface area contributed by atoms with E-state index >= 15 is 0 Å². The summed E-state index contributed by atoms with van der Waals surface area (Å²) in [6.07, 6.45) is 7.63. The molecule has 0 spiro atoms. The minimum atomic E-state index is 0.0186. The van der Waals surface area contributed by atoms with Gasteiger partial charge in [-0.05, 0) is 94.3 Å². The van der Waals surface area contributed by atoms with Crippen molar-refractivity contribution in [3.05, 3.63) is 113 Å². The van der Waals surface area contributed by atoms with Crippen molar-refractivity contribution in [2.45, 2.75) is 73.1 Å². The molecule has 0 aliphatic rings. The zero-order chi connectivity index (χ0) is 38.0. The van der Waals surface area contributed by atoms with Gasteiger partial charge in [0.15, 0.2) is 28.8 Å². The van der Waals surface area contributed by atoms with E-state index in [2.05, 4.69) is 6.92 Å². The Morgan fingerprint density at radius 3 is 1.29 bits per heavy atom. The number of Topliss-reactive ketones (excluding diaryl/α,β-unsaturated/α-hetero) is 3. The number of methoxy groups -OCH3 is 4. The van der Waals surface area contributed by atoms with Crippen LogP contribution >= 0.6 is 0 Å². The third-order valence-electron chi connectivity index (χ3n) is 7.62. The number of aryl methyl sites for hydroxylation is 1. The topological polar surface area (TPSA) is 97.4 Å². The number of hydrogen-bond acceptors (Lipinski definition) is 8. The first kappa shape index (κ1) is 43.9. The summed E-state index contributed by atoms with van der Waals surface area (Å²) in [6, 6.07) is 27.3. The van der Waals surface area contributed by atoms with Gasteiger partial charge in [-0.25, -0.2) is 0 Å². The van der Waals surface area contributed by atoms with Crippen molar-refractivity contribution >= 4 is 17.3 Å². The number of benzene rings is 4. The van der Waals surface area contributed by atoms with Crippen molar-refractivity contribution in [3.8, 4) is 28.7 Å². The monoisotopic (exact) mass is 700 g/mol. The summed E-state index contributed by atoms with van der Waals surface area (Å²) >= 11 is 0. The quantitative estimate of drug-likeness (QED) is 0.0893. The molecule has 0 aliphatic heterocycles. The van der Waals surface area contributed by atoms with Crippen LogP contribution < -0.4 is 23.7 Å². The van der Waals surface area contributed by atoms with Crippen LogP contribution in [0.3, 0.4) is 0 Å². The number of rotatable bonds is 15. The number of ether oxygens (including phenoxy) is 5. The second kappa shape index (κ2) is 25.8. The van der Waals surface area contributed by atoms with Gasteiger partial charge >= 0.3 is 0 Å². The van der Waals surface area contributed by atoms with Crippen molar-refractivity contribution in [3.63, 3.8) is 0 Å². The third-order valence-corrected chi connectivity index (χ3v) is 7.62. The lowest BCUT2D eigenvalue weighted by molar-refractivity contribution is 0.100. The molecular formula is C43H56O8. The van der Waals surface area contributed by atoms with Crippen LogP contribution in [0.5, 0.6) is 28.7 Å². The fraction of sp³-hybridized carbons (Fsp3) is 0.372. The average molecular weight is 701 g/mol. The van der Waals surface area contributed by atoms with E-state index in [1.165, 1.54) is 46.0 Å². The summed E-state index contributed by atoms with van der Waals surface area (Å²) in [4.78, 5) is 32.8. The fourth-order valence-corrected chi connectivity index (χ4v) is 4.56. The molecule has 4 aromatic carbocycles. The molecule has 0 saturated carbocycles. The first-order chi connectivity index (χ1) is 24.5. The lowest BCUT2D eigenvalue weighted by Gasteiger charge is -2.06. The van der Waals surface area contributed by atoms with Crippen molar-refractivity contribution in [2.75, 3.05) is 35.0 Å². The molecule has 0 amide bonds. The highest BCUT2D eigenvalue weighted by Gasteiger charge is 2.02. The van der Waals surface area contributed by atoms with Crippen molar-refractivity contribution in [1.82, 2.24) is 0 Å². The summed E-state index contributed by atoms with van der Waals surface area (Å²) in [6.45, 7) is 9.57. The standard InChI is InChI=1S/C16H24O2.C10H10O2.C9H12O2.C8H10O2/c1-3-4-5-6-7-8-13-18-16-11-9-15(10-12-16)14(2)17;1-7(11)9-3-5-10(6-4-9)8(2)12;1-7-6-8(10-2)4-5-9(7)11-3;1-9-7-5-3-4-6-8(7)10-2/h9-12H,3-8,13H2,1-2H3;3-6H,1-2H3;4-6H,1-3H3;3-6H,1-2H3. The third kappa shape index (κ3) is 17.9. The van der Waals surface area contributed by atoms with E-state index in [4.69, 9.17) is 23.7 Å². The Kier molecular flexibility index (Phi) is 22.2. The minimum Gasteiger partial charge on any atom is -0.497 e. The molecule has 51 heavy (non-hydrogen) atoms. The van der Waals surface area contributed by atoms with E-state index in [1.807, 2.05) is 73.7 Å². The van der Waals surface area contributed by atoms with Crippen LogP contribution in [0.1, 0.15) is 103 Å². The number of unbranched alkanes of at least 4 members (excludes halogenated alkanes) is 5. The first-order valence-electron chi connectivity index (χ1n) is 17.2. The molecule has 8 heteroatoms. The molecule has 8 nitrogen and oxygen atoms in total. The van der Waals surface area contributed by atoms with Gasteiger partial charge in [0.05, 0.1) is 35.0 Å². The lowest BCUT2D eigenvalue weighted by Crippen LogP contribution is -1.98. The Balaban J connectivity index is 0.000000350. The maximum atomic E-state index is 11.1. The predicted octanol–water partition coefficient (Wildman–Crippen LogP) is 10.4. The first-order valence-corrected chi connectivity index (χ1v) is 17.2. The zero-order valence-corrected chi connectivity index (χ0v) is 31.9. The molecule has 4 rings (SSSR count). The largest absolute Gasteiger partial charge is 0.497 e. The van der Waals surface area contributed by atoms with Gasteiger partial charge < -0.3 is 23.7 Å². The predicted molar refractivity (Wildman–Crippen MR) is 206 cm³/mol. The van der Waals surface area contributed by atoms with Gasteiger partial charge in [0.1, 0.15) is 17.2 Å². The summed E-state index contributed by atoms with van der Waals surface area (Å²) in [5.41, 5.74) is 3.11. The zero-order valence-electron chi connectivity index (χ0n) is 31.9. The summed E-state index contributed by atoms with van der Waals surface area (Å²) in [5.74, 6) is 4.28. The van der Waals surface area contributed by atoms with E-state index in [0.29, 0.717) is 11.1 Å². The average Bonchev–Trinajstić information content (AvgIpc) is 3.15. The number of ketones is 3. The summed E-state index contributed by atoms with van der Waals surface area (Å²) in [5, 5.41) is 0. The molecule has 4 aromatic rings. The van der Waals surface area contributed by atoms with Gasteiger partial charge in [0, 0.05) is 16.7 Å². The summed E-state index contributed by atoms with van der Waals surface area (Å²) in [7, 11) is 6.56. The van der Waals surface area contributed by atoms with Crippen molar-refractivity contribution < 1.29 is 38.1 Å². The highest BCUT2D eigenvalue weighted by molar-refractivity contribution is 5.97. The van der Waals surface area contributed by atoms with E-state index in [1.54, 1.807) is 59.6 Å². The van der Waals surface area contributed by atoms with Crippen LogP contribution in [0, 0.1) is 6.92 Å². The molecule has 0 heterocycles. The van der Waals surface area contributed by atoms with Crippen LogP contribution in [0.2, 0.25) is 0 Å². The second-order valence-electron chi connectivity index (χ2n) is 11.6. The maximum Gasteiger partial charge on any atom is 0.160 e. The van der Waals surface area contributed by atoms with E-state index in [-0.39, 0.29) is 17.3 Å². The molecule has 0 bridgehead atoms. The molecule has 0 aliphatic carbocycles. The molecule has 0 fully saturated rings. The lowest BCUT2D eigenvalue weighted by atomic mass is 10.1. The van der Waals surface area contributed by atoms with Gasteiger partial charge in [0.2, 0.25) is 0 Å². The molecule has 0 aromatic heterocycles. The van der Waals surface area contributed by atoms with E-state index in [0.717, 1.165) is 52.9 Å². The highest BCUT2D eigenvalue weighted by atomic mass is 16.5. The van der Waals surface area contributed by atoms with Gasteiger partial charge in [-0.15, -0.1) is 0 Å². The minimum absolute atomic E-state index is 0.0186. The molecule has 0 N–H and O–H groups in total. The highest BCUT2D eigenvalue weighted by Crippen LogP contribution is 2.25. The molecule has 0 radical (unpaired) electrons. The Labute approximate surface area is 305 Å². The Hall–Kier alpha value is -5.11. The summed E-state index contributed by atoms with van der Waals surface area (Å²) < 4.78 is 25.8. The van der Waals surface area contributed by atoms with Crippen LogP contribution in [-0.2, 0) is 0 Å². The Morgan fingerprint density at radius 2 is 0.902 bits per heavy atom. The smallest absolute Gasteiger partial charge is 0.160 e. The molecular weight excluding hydrogens is 644 g/mol. The molecule has 0 atom stereocenters. The van der Waals surface area contributed by atoms with Crippen LogP contribution in [0.4, 0.5) is 0 Å². The van der Waals surface area contributed by atoms with Crippen molar-refractivity contribution in [1.29, 1.82) is 0 Å². The molecule has 276 valence electrons. The van der Waals surface area contributed by atoms with Gasteiger partial charge in [-0.1, -0.05) is 75.4 Å². The van der Waals surface area contributed by atoms with E-state index < -0.39 is 0 Å². The molecule has 0 saturated heterocycles. The normalized spacial score (nSPS) is 9.67. The molecule has 0 unspecified atom stereocenters. The van der Waals surface area contributed by atoms with Crippen LogP contribution in [0.25, 0.3) is 0 Å². The maximum absolute atomic E-state index is 11.1. The van der Waals surface area contributed by atoms with Crippen LogP contribution in [-0.4, -0.2) is 52.4 Å². The number of carbonyl (C=O) groups excluding carboxylic acids is 3. The number of para-hydroxylation sites is 2. The van der Waals surface area contributed by atoms with Crippen LogP contribution in [0.15, 0.2) is 91.0 Å². The Bertz CT molecular complexity index is 1520. The number of hydrogen-bond donors (Lipinski definition) is 0. The number of carbonyl (C=O) groups is 3. The van der Waals surface area contributed by atoms with Crippen molar-refractivity contribution in [2.24, 2.45) is 0 Å². The van der Waals surface area contributed by atoms with Gasteiger partial charge in [-0.3, -0.25) is 14.4 Å². The fourth-order valence-electron chi connectivity index (χ4n) is 4.56.